The molecule has 5 nitrogen and oxygen atoms in total. The van der Waals surface area contributed by atoms with Crippen LogP contribution in [0.4, 0.5) is 10.1 Å². The summed E-state index contributed by atoms with van der Waals surface area (Å²) in [6.45, 7) is 1.52. The van der Waals surface area contributed by atoms with Crippen molar-refractivity contribution in [3.8, 4) is 5.75 Å². The zero-order valence-electron chi connectivity index (χ0n) is 16.6. The van der Waals surface area contributed by atoms with Crippen molar-refractivity contribution < 1.29 is 9.13 Å². The maximum atomic E-state index is 13.1. The van der Waals surface area contributed by atoms with E-state index in [-0.39, 0.29) is 11.9 Å². The highest BCUT2D eigenvalue weighted by Gasteiger charge is 2.27. The number of aromatic amines is 1. The third-order valence-corrected chi connectivity index (χ3v) is 6.18. The van der Waals surface area contributed by atoms with E-state index in [0.717, 1.165) is 43.3 Å². The van der Waals surface area contributed by atoms with Crippen LogP contribution in [-0.4, -0.2) is 24.7 Å². The van der Waals surface area contributed by atoms with Gasteiger partial charge < -0.3 is 14.6 Å². The van der Waals surface area contributed by atoms with Crippen molar-refractivity contribution in [2.75, 3.05) is 18.5 Å². The molecule has 0 spiro atoms. The fourth-order valence-corrected chi connectivity index (χ4v) is 4.71. The number of rotatable bonds is 3. The van der Waals surface area contributed by atoms with Gasteiger partial charge in [-0.25, -0.2) is 4.39 Å². The van der Waals surface area contributed by atoms with Gasteiger partial charge in [0.05, 0.1) is 35.2 Å². The molecule has 6 heteroatoms. The smallest absolute Gasteiger partial charge is 0.123 e. The van der Waals surface area contributed by atoms with E-state index in [4.69, 9.17) is 4.74 Å². The molecular formula is C23H25FN4O. The fraction of sp³-hybridized carbons (Fsp3) is 0.391. The predicted molar refractivity (Wildman–Crippen MR) is 112 cm³/mol. The minimum Gasteiger partial charge on any atom is -0.490 e. The number of anilines is 1. The maximum Gasteiger partial charge on any atom is 0.123 e. The second kappa shape index (κ2) is 7.50. The molecular weight excluding hydrogens is 367 g/mol. The van der Waals surface area contributed by atoms with Crippen molar-refractivity contribution in [3.63, 3.8) is 0 Å². The molecule has 3 heterocycles. The zero-order valence-corrected chi connectivity index (χ0v) is 16.6. The number of ether oxygens (including phenoxy) is 1. The van der Waals surface area contributed by atoms with E-state index in [0.29, 0.717) is 12.5 Å². The summed E-state index contributed by atoms with van der Waals surface area (Å²) in [6, 6.07) is 6.33. The molecule has 1 saturated carbocycles. The quantitative estimate of drug-likeness (QED) is 0.867. The third-order valence-electron chi connectivity index (χ3n) is 6.18. The molecule has 150 valence electrons. The Balaban J connectivity index is 1.39. The molecule has 3 aliphatic rings. The van der Waals surface area contributed by atoms with Crippen LogP contribution < -0.4 is 20.3 Å². The lowest BCUT2D eigenvalue weighted by Crippen LogP contribution is -2.28. The number of nitrogens with zero attached hydrogens (tertiary/aromatic N) is 3. The summed E-state index contributed by atoms with van der Waals surface area (Å²) in [5, 5.41) is 10.6. The molecule has 1 fully saturated rings. The first kappa shape index (κ1) is 18.2. The lowest BCUT2D eigenvalue weighted by molar-refractivity contribution is 0.143. The lowest BCUT2D eigenvalue weighted by atomic mass is 9.82. The van der Waals surface area contributed by atoms with Crippen molar-refractivity contribution >= 4 is 17.5 Å². The van der Waals surface area contributed by atoms with E-state index in [1.54, 1.807) is 12.1 Å². The zero-order chi connectivity index (χ0) is 19.8. The molecule has 0 amide bonds. The van der Waals surface area contributed by atoms with Gasteiger partial charge in [0.1, 0.15) is 11.6 Å². The number of halogens is 1. The van der Waals surface area contributed by atoms with Crippen molar-refractivity contribution in [3.05, 3.63) is 58.5 Å². The van der Waals surface area contributed by atoms with E-state index in [9.17, 15) is 4.39 Å². The van der Waals surface area contributed by atoms with Gasteiger partial charge in [-0.3, -0.25) is 0 Å². The molecule has 2 aromatic rings. The van der Waals surface area contributed by atoms with Crippen LogP contribution >= 0.6 is 0 Å². The van der Waals surface area contributed by atoms with Gasteiger partial charge in [-0.15, -0.1) is 0 Å². The Morgan fingerprint density at radius 3 is 2.72 bits per heavy atom. The SMILES string of the molecule is CN1CC=CC(C2CCC(Oc3ccc(F)cc3)CC2)=c2[nH]c3c(c21)CN=NC=3. The van der Waals surface area contributed by atoms with Crippen molar-refractivity contribution in [1.82, 2.24) is 4.98 Å². The second-order valence-electron chi connectivity index (χ2n) is 8.07. The highest BCUT2D eigenvalue weighted by atomic mass is 19.1. The van der Waals surface area contributed by atoms with Gasteiger partial charge in [0.25, 0.3) is 0 Å². The van der Waals surface area contributed by atoms with Crippen LogP contribution in [-0.2, 0) is 6.54 Å². The minimum atomic E-state index is -0.232. The van der Waals surface area contributed by atoms with Gasteiger partial charge in [0.2, 0.25) is 0 Å². The molecule has 1 aromatic carbocycles. The van der Waals surface area contributed by atoms with Crippen molar-refractivity contribution in [2.45, 2.75) is 38.3 Å². The number of nitrogens with one attached hydrogen (secondary N) is 1. The molecule has 29 heavy (non-hydrogen) atoms. The van der Waals surface area contributed by atoms with E-state index in [2.05, 4.69) is 39.3 Å². The summed E-state index contributed by atoms with van der Waals surface area (Å²) in [4.78, 5) is 5.92. The van der Waals surface area contributed by atoms with Gasteiger partial charge in [0, 0.05) is 19.2 Å². The molecule has 0 bridgehead atoms. The van der Waals surface area contributed by atoms with E-state index in [1.165, 1.54) is 34.3 Å². The molecule has 5 rings (SSSR count). The number of allylic oxidation sites excluding steroid dienone is 1. The first-order chi connectivity index (χ1) is 14.2. The Labute approximate surface area is 169 Å². The molecule has 1 aromatic heterocycles. The number of hydrogen-bond donors (Lipinski definition) is 1. The van der Waals surface area contributed by atoms with E-state index < -0.39 is 0 Å². The number of H-pyrrole nitrogens is 1. The third kappa shape index (κ3) is 3.48. The van der Waals surface area contributed by atoms with Gasteiger partial charge in [-0.05, 0) is 61.4 Å². The van der Waals surface area contributed by atoms with Gasteiger partial charge >= 0.3 is 0 Å². The summed E-state index contributed by atoms with van der Waals surface area (Å²) >= 11 is 0. The Morgan fingerprint density at radius 1 is 1.14 bits per heavy atom. The summed E-state index contributed by atoms with van der Waals surface area (Å²) in [7, 11) is 2.14. The fourth-order valence-electron chi connectivity index (χ4n) is 4.71. The van der Waals surface area contributed by atoms with Crippen molar-refractivity contribution in [1.29, 1.82) is 0 Å². The van der Waals surface area contributed by atoms with Crippen molar-refractivity contribution in [2.24, 2.45) is 16.1 Å². The summed E-state index contributed by atoms with van der Waals surface area (Å²) in [5.41, 5.74) is 3.89. The number of hydrogen-bond acceptors (Lipinski definition) is 4. The topological polar surface area (TPSA) is 53.0 Å². The van der Waals surface area contributed by atoms with Crippen LogP contribution in [0.15, 0.2) is 46.6 Å². The number of benzene rings is 1. The maximum absolute atomic E-state index is 13.1. The highest BCUT2D eigenvalue weighted by molar-refractivity contribution is 5.69. The van der Waals surface area contributed by atoms with Gasteiger partial charge in [-0.2, -0.15) is 10.2 Å². The van der Waals surface area contributed by atoms with Crippen LogP contribution in [0.25, 0.3) is 11.8 Å². The standard InChI is InChI=1S/C23H25FN4O/c1-28-12-2-3-19(22-23(28)20-13-25-26-14-21(20)27-22)15-4-8-17(9-5-15)29-18-10-6-16(24)7-11-18/h2-3,6-7,10-11,14-15,17,27H,4-5,8-9,12-13H2,1H3. The Morgan fingerprint density at radius 2 is 1.93 bits per heavy atom. The van der Waals surface area contributed by atoms with Gasteiger partial charge in [0.15, 0.2) is 0 Å². The number of fused-ring (bicyclic) bond motifs is 3. The largest absolute Gasteiger partial charge is 0.490 e. The molecule has 2 aliphatic heterocycles. The molecule has 0 radical (unpaired) electrons. The Hall–Kier alpha value is -2.89. The first-order valence-electron chi connectivity index (χ1n) is 10.3. The highest BCUT2D eigenvalue weighted by Crippen LogP contribution is 2.34. The summed E-state index contributed by atoms with van der Waals surface area (Å²) < 4.78 is 19.2. The molecule has 1 N–H and O–H groups in total. The van der Waals surface area contributed by atoms with Crippen LogP contribution in [0.1, 0.15) is 31.2 Å². The molecule has 0 atom stereocenters. The molecule has 0 saturated heterocycles. The van der Waals surface area contributed by atoms with Crippen LogP contribution in [0.2, 0.25) is 0 Å². The van der Waals surface area contributed by atoms with Crippen LogP contribution in [0, 0.1) is 11.7 Å². The van der Waals surface area contributed by atoms with E-state index in [1.807, 2.05) is 6.20 Å². The number of likely N-dealkylation sites (N-methyl/N-ethyl adjacent to an activating group) is 1. The Kier molecular flexibility index (Phi) is 4.70. The second-order valence-corrected chi connectivity index (χ2v) is 8.07. The minimum absolute atomic E-state index is 0.192. The summed E-state index contributed by atoms with van der Waals surface area (Å²) in [5.74, 6) is 1.02. The van der Waals surface area contributed by atoms with Gasteiger partial charge in [-0.1, -0.05) is 12.2 Å². The monoisotopic (exact) mass is 392 g/mol. The predicted octanol–water partition coefficient (Wildman–Crippen LogP) is 3.65. The summed E-state index contributed by atoms with van der Waals surface area (Å²) in [6.07, 6.45) is 10.7. The normalized spacial score (nSPS) is 23.2. The first-order valence-corrected chi connectivity index (χ1v) is 10.3. The Bertz CT molecular complexity index is 1080. The molecule has 0 unspecified atom stereocenters. The average molecular weight is 392 g/mol. The molecule has 1 aliphatic carbocycles. The van der Waals surface area contributed by atoms with Crippen LogP contribution in [0.3, 0.4) is 0 Å². The average Bonchev–Trinajstić information content (AvgIpc) is 3.05. The van der Waals surface area contributed by atoms with Crippen LogP contribution in [0.5, 0.6) is 5.75 Å². The number of azo groups is 1. The number of aromatic nitrogens is 1. The van der Waals surface area contributed by atoms with E-state index >= 15 is 0 Å². The lowest BCUT2D eigenvalue weighted by Gasteiger charge is -2.29.